The normalized spacial score (nSPS) is 10.8. The summed E-state index contributed by atoms with van der Waals surface area (Å²) in [6.45, 7) is 6.89. The van der Waals surface area contributed by atoms with Gasteiger partial charge in [-0.25, -0.2) is 19.6 Å². The average molecular weight is 322 g/mol. The number of rotatable bonds is 5. The van der Waals surface area contributed by atoms with Crippen LogP contribution in [0, 0.1) is 13.8 Å². The van der Waals surface area contributed by atoms with E-state index in [4.69, 9.17) is 5.73 Å². The van der Waals surface area contributed by atoms with Gasteiger partial charge in [0.05, 0.1) is 5.69 Å². The predicted octanol–water partition coefficient (Wildman–Crippen LogP) is 3.22. The first-order valence-electron chi connectivity index (χ1n) is 8.06. The molecular weight excluding hydrogens is 300 g/mol. The quantitative estimate of drug-likeness (QED) is 0.730. The summed E-state index contributed by atoms with van der Waals surface area (Å²) in [4.78, 5) is 12.9. The third-order valence-corrected chi connectivity index (χ3v) is 3.93. The summed E-state index contributed by atoms with van der Waals surface area (Å²) >= 11 is 0. The van der Waals surface area contributed by atoms with Crippen LogP contribution >= 0.6 is 0 Å². The maximum absolute atomic E-state index is 6.34. The van der Waals surface area contributed by atoms with Crippen molar-refractivity contribution >= 4 is 11.4 Å². The van der Waals surface area contributed by atoms with Crippen molar-refractivity contribution in [1.29, 1.82) is 0 Å². The summed E-state index contributed by atoms with van der Waals surface area (Å²) in [6.07, 6.45) is 8.34. The standard InChI is InChI=1S/C18H22N6/c1-4-8-24(23-9-7-20-12-23)15-5-6-16(18(19)10-15)17-11-21-14(3)22-13(17)2/h5-7,9-12H,4,8,19H2,1-3H3. The van der Waals surface area contributed by atoms with Gasteiger partial charge in [0, 0.05) is 47.6 Å². The fraction of sp³-hybridized carbons (Fsp3) is 0.278. The number of imidazole rings is 1. The van der Waals surface area contributed by atoms with Gasteiger partial charge in [-0.2, -0.15) is 0 Å². The monoisotopic (exact) mass is 322 g/mol. The van der Waals surface area contributed by atoms with Crippen LogP contribution in [-0.4, -0.2) is 26.2 Å². The summed E-state index contributed by atoms with van der Waals surface area (Å²) in [7, 11) is 0. The molecule has 0 fully saturated rings. The van der Waals surface area contributed by atoms with Gasteiger partial charge < -0.3 is 5.73 Å². The Labute approximate surface area is 142 Å². The van der Waals surface area contributed by atoms with E-state index in [1.54, 1.807) is 12.5 Å². The highest BCUT2D eigenvalue weighted by atomic mass is 15.5. The maximum atomic E-state index is 6.34. The van der Waals surface area contributed by atoms with Crippen LogP contribution in [0.4, 0.5) is 11.4 Å². The Morgan fingerprint density at radius 1 is 1.21 bits per heavy atom. The molecule has 0 spiro atoms. The van der Waals surface area contributed by atoms with Crippen LogP contribution in [0.2, 0.25) is 0 Å². The van der Waals surface area contributed by atoms with E-state index in [2.05, 4.69) is 33.0 Å². The molecule has 6 nitrogen and oxygen atoms in total. The number of hydrogen-bond donors (Lipinski definition) is 1. The van der Waals surface area contributed by atoms with Gasteiger partial charge >= 0.3 is 0 Å². The van der Waals surface area contributed by atoms with Crippen LogP contribution in [0.25, 0.3) is 11.1 Å². The largest absolute Gasteiger partial charge is 0.398 e. The summed E-state index contributed by atoms with van der Waals surface area (Å²) in [5, 5.41) is 2.14. The van der Waals surface area contributed by atoms with E-state index in [0.717, 1.165) is 41.3 Å². The number of aromatic nitrogens is 4. The number of nitrogens with zero attached hydrogens (tertiary/aromatic N) is 5. The van der Waals surface area contributed by atoms with Gasteiger partial charge in [0.25, 0.3) is 0 Å². The van der Waals surface area contributed by atoms with Crippen molar-refractivity contribution in [3.05, 3.63) is 54.6 Å². The summed E-state index contributed by atoms with van der Waals surface area (Å²) in [5.74, 6) is 0.765. The van der Waals surface area contributed by atoms with Crippen molar-refractivity contribution in [2.45, 2.75) is 27.2 Å². The molecule has 124 valence electrons. The van der Waals surface area contributed by atoms with Gasteiger partial charge in [0.2, 0.25) is 0 Å². The Balaban J connectivity index is 2.00. The summed E-state index contributed by atoms with van der Waals surface area (Å²) < 4.78 is 1.97. The molecule has 0 amide bonds. The minimum Gasteiger partial charge on any atom is -0.398 e. The molecule has 0 radical (unpaired) electrons. The van der Waals surface area contributed by atoms with Crippen molar-refractivity contribution in [2.75, 3.05) is 17.3 Å². The summed E-state index contributed by atoms with van der Waals surface area (Å²) in [5.41, 5.74) is 10.9. The highest BCUT2D eigenvalue weighted by Crippen LogP contribution is 2.31. The van der Waals surface area contributed by atoms with Crippen LogP contribution in [0.15, 0.2) is 43.1 Å². The molecule has 0 aliphatic carbocycles. The predicted molar refractivity (Wildman–Crippen MR) is 96.6 cm³/mol. The van der Waals surface area contributed by atoms with Gasteiger partial charge in [-0.15, -0.1) is 0 Å². The van der Waals surface area contributed by atoms with Crippen molar-refractivity contribution in [1.82, 2.24) is 19.6 Å². The first-order chi connectivity index (χ1) is 11.6. The van der Waals surface area contributed by atoms with Gasteiger partial charge in [-0.1, -0.05) is 13.0 Å². The van der Waals surface area contributed by atoms with E-state index in [9.17, 15) is 0 Å². The molecule has 2 aromatic heterocycles. The number of aryl methyl sites for hydroxylation is 2. The molecule has 3 aromatic rings. The van der Waals surface area contributed by atoms with Gasteiger partial charge in [0.1, 0.15) is 12.2 Å². The number of anilines is 2. The molecule has 0 saturated carbocycles. The van der Waals surface area contributed by atoms with Crippen molar-refractivity contribution in [3.63, 3.8) is 0 Å². The van der Waals surface area contributed by atoms with Crippen molar-refractivity contribution in [2.24, 2.45) is 0 Å². The highest BCUT2D eigenvalue weighted by Gasteiger charge is 2.12. The van der Waals surface area contributed by atoms with Crippen LogP contribution in [0.3, 0.4) is 0 Å². The average Bonchev–Trinajstić information content (AvgIpc) is 3.07. The third-order valence-electron chi connectivity index (χ3n) is 3.93. The molecule has 0 bridgehead atoms. The van der Waals surface area contributed by atoms with E-state index in [0.29, 0.717) is 5.69 Å². The first kappa shape index (κ1) is 16.0. The Morgan fingerprint density at radius 2 is 2.04 bits per heavy atom. The van der Waals surface area contributed by atoms with Crippen LogP contribution in [0.5, 0.6) is 0 Å². The van der Waals surface area contributed by atoms with E-state index in [-0.39, 0.29) is 0 Å². The second-order valence-corrected chi connectivity index (χ2v) is 5.75. The molecule has 2 heterocycles. The fourth-order valence-electron chi connectivity index (χ4n) is 2.79. The zero-order chi connectivity index (χ0) is 17.1. The third kappa shape index (κ3) is 3.08. The Hall–Kier alpha value is -2.89. The molecular formula is C18H22N6. The lowest BCUT2D eigenvalue weighted by atomic mass is 10.0. The topological polar surface area (TPSA) is 72.9 Å². The molecule has 24 heavy (non-hydrogen) atoms. The van der Waals surface area contributed by atoms with Crippen LogP contribution in [-0.2, 0) is 0 Å². The number of hydrogen-bond acceptors (Lipinski definition) is 5. The lowest BCUT2D eigenvalue weighted by molar-refractivity contribution is 0.675. The van der Waals surface area contributed by atoms with E-state index in [1.165, 1.54) is 0 Å². The Bertz CT molecular complexity index is 826. The molecule has 2 N–H and O–H groups in total. The van der Waals surface area contributed by atoms with E-state index < -0.39 is 0 Å². The zero-order valence-electron chi connectivity index (χ0n) is 14.3. The minimum absolute atomic E-state index is 0.712. The van der Waals surface area contributed by atoms with Gasteiger partial charge in [0.15, 0.2) is 0 Å². The molecule has 1 aromatic carbocycles. The van der Waals surface area contributed by atoms with E-state index >= 15 is 0 Å². The fourth-order valence-corrected chi connectivity index (χ4v) is 2.79. The number of nitrogen functional groups attached to an aromatic ring is 1. The van der Waals surface area contributed by atoms with Crippen molar-refractivity contribution < 1.29 is 0 Å². The lowest BCUT2D eigenvalue weighted by Crippen LogP contribution is -2.29. The number of nitrogens with two attached hydrogens (primary N) is 1. The zero-order valence-corrected chi connectivity index (χ0v) is 14.3. The van der Waals surface area contributed by atoms with Gasteiger partial charge in [-0.3, -0.25) is 5.01 Å². The lowest BCUT2D eigenvalue weighted by Gasteiger charge is -2.25. The van der Waals surface area contributed by atoms with E-state index in [1.807, 2.05) is 43.0 Å². The number of benzene rings is 1. The second-order valence-electron chi connectivity index (χ2n) is 5.75. The SMILES string of the molecule is CCCN(c1ccc(-c2cnc(C)nc2C)c(N)c1)n1ccnc1. The maximum Gasteiger partial charge on any atom is 0.125 e. The Morgan fingerprint density at radius 3 is 2.67 bits per heavy atom. The smallest absolute Gasteiger partial charge is 0.125 e. The molecule has 0 aliphatic rings. The first-order valence-corrected chi connectivity index (χ1v) is 8.06. The summed E-state index contributed by atoms with van der Waals surface area (Å²) in [6, 6.07) is 6.09. The van der Waals surface area contributed by atoms with Crippen molar-refractivity contribution in [3.8, 4) is 11.1 Å². The van der Waals surface area contributed by atoms with Gasteiger partial charge in [-0.05, 0) is 32.4 Å². The second kappa shape index (κ2) is 6.70. The van der Waals surface area contributed by atoms with Crippen LogP contribution in [0.1, 0.15) is 24.9 Å². The molecule has 0 saturated heterocycles. The molecule has 6 heteroatoms. The molecule has 0 aliphatic heterocycles. The Kier molecular flexibility index (Phi) is 4.46. The minimum atomic E-state index is 0.712. The molecule has 3 rings (SSSR count). The van der Waals surface area contributed by atoms with Crippen LogP contribution < -0.4 is 10.7 Å². The highest BCUT2D eigenvalue weighted by molar-refractivity contribution is 5.80. The molecule has 0 unspecified atom stereocenters. The molecule has 0 atom stereocenters.